The van der Waals surface area contributed by atoms with Crippen molar-refractivity contribution in [1.29, 1.82) is 0 Å². The zero-order valence-electron chi connectivity index (χ0n) is 11.5. The highest BCUT2D eigenvalue weighted by Gasteiger charge is 2.03. The highest BCUT2D eigenvalue weighted by molar-refractivity contribution is 6.30. The fraction of sp³-hybridized carbons (Fsp3) is 0.429. The Balaban J connectivity index is 2.16. The molecule has 6 heteroatoms. The van der Waals surface area contributed by atoms with Crippen LogP contribution in [-0.2, 0) is 9.59 Å². The second-order valence-electron chi connectivity index (χ2n) is 4.34. The summed E-state index contributed by atoms with van der Waals surface area (Å²) in [6, 6.07) is 6.95. The maximum absolute atomic E-state index is 11.6. The number of hydrogen-bond donors (Lipinski definition) is 3. The molecule has 0 spiro atoms. The predicted octanol–water partition coefficient (Wildman–Crippen LogP) is 1.78. The van der Waals surface area contributed by atoms with Crippen molar-refractivity contribution >= 4 is 29.1 Å². The van der Waals surface area contributed by atoms with Crippen LogP contribution < -0.4 is 16.0 Å². The molecule has 0 unspecified atom stereocenters. The van der Waals surface area contributed by atoms with Crippen LogP contribution >= 0.6 is 11.6 Å². The summed E-state index contributed by atoms with van der Waals surface area (Å²) in [5.41, 5.74) is 0.657. The number of rotatable bonds is 8. The van der Waals surface area contributed by atoms with E-state index in [0.29, 0.717) is 30.2 Å². The Morgan fingerprint density at radius 1 is 1.20 bits per heavy atom. The van der Waals surface area contributed by atoms with Gasteiger partial charge in [0, 0.05) is 30.2 Å². The third kappa shape index (κ3) is 7.11. The third-order valence-electron chi connectivity index (χ3n) is 2.49. The van der Waals surface area contributed by atoms with Gasteiger partial charge < -0.3 is 16.0 Å². The number of nitrogens with one attached hydrogen (secondary N) is 3. The van der Waals surface area contributed by atoms with Crippen LogP contribution in [-0.4, -0.2) is 31.4 Å². The molecule has 0 heterocycles. The summed E-state index contributed by atoms with van der Waals surface area (Å²) in [6.45, 7) is 3.32. The molecule has 1 aromatic rings. The van der Waals surface area contributed by atoms with E-state index in [4.69, 9.17) is 11.6 Å². The van der Waals surface area contributed by atoms with Crippen LogP contribution in [0.5, 0.6) is 0 Å². The first-order valence-electron chi connectivity index (χ1n) is 6.64. The van der Waals surface area contributed by atoms with Gasteiger partial charge in [-0.2, -0.15) is 0 Å². The summed E-state index contributed by atoms with van der Waals surface area (Å²) >= 11 is 5.82. The Bertz CT molecular complexity index is 452. The highest BCUT2D eigenvalue weighted by Crippen LogP contribution is 2.14. The topological polar surface area (TPSA) is 70.2 Å². The number of carbonyl (C=O) groups is 2. The van der Waals surface area contributed by atoms with Crippen molar-refractivity contribution in [3.8, 4) is 0 Å². The van der Waals surface area contributed by atoms with E-state index in [2.05, 4.69) is 16.0 Å². The van der Waals surface area contributed by atoms with E-state index in [1.807, 2.05) is 6.92 Å². The van der Waals surface area contributed by atoms with E-state index in [1.165, 1.54) is 0 Å². The molecule has 20 heavy (non-hydrogen) atoms. The molecule has 1 aromatic carbocycles. The van der Waals surface area contributed by atoms with E-state index < -0.39 is 0 Å². The van der Waals surface area contributed by atoms with Crippen LogP contribution in [0.3, 0.4) is 0 Å². The number of anilines is 1. The van der Waals surface area contributed by atoms with Crippen molar-refractivity contribution in [3.05, 3.63) is 29.3 Å². The largest absolute Gasteiger partial charge is 0.356 e. The summed E-state index contributed by atoms with van der Waals surface area (Å²) in [7, 11) is 0. The lowest BCUT2D eigenvalue weighted by Gasteiger charge is -2.07. The molecule has 0 aliphatic heterocycles. The van der Waals surface area contributed by atoms with Gasteiger partial charge in [-0.15, -0.1) is 0 Å². The van der Waals surface area contributed by atoms with Crippen molar-refractivity contribution in [2.24, 2.45) is 0 Å². The van der Waals surface area contributed by atoms with Gasteiger partial charge in [0.25, 0.3) is 0 Å². The second-order valence-corrected chi connectivity index (χ2v) is 4.77. The molecule has 0 aliphatic rings. The normalized spacial score (nSPS) is 10.1. The second kappa shape index (κ2) is 9.34. The van der Waals surface area contributed by atoms with Crippen molar-refractivity contribution in [2.45, 2.75) is 19.8 Å². The van der Waals surface area contributed by atoms with Crippen LogP contribution in [0.1, 0.15) is 19.8 Å². The molecule has 5 nitrogen and oxygen atoms in total. The van der Waals surface area contributed by atoms with Gasteiger partial charge in [-0.1, -0.05) is 24.6 Å². The Hall–Kier alpha value is -1.59. The van der Waals surface area contributed by atoms with Crippen LogP contribution in [0.2, 0.25) is 5.02 Å². The Kier molecular flexibility index (Phi) is 7.69. The monoisotopic (exact) mass is 297 g/mol. The number of benzene rings is 1. The molecule has 3 N–H and O–H groups in total. The average molecular weight is 298 g/mol. The number of halogens is 1. The molecule has 0 saturated carbocycles. The fourth-order valence-electron chi connectivity index (χ4n) is 1.53. The number of carbonyl (C=O) groups excluding carboxylic acids is 2. The summed E-state index contributed by atoms with van der Waals surface area (Å²) in [5, 5.41) is 8.99. The molecule has 2 amide bonds. The Labute approximate surface area is 124 Å². The molecule has 0 aromatic heterocycles. The first kappa shape index (κ1) is 16.5. The van der Waals surface area contributed by atoms with Crippen molar-refractivity contribution < 1.29 is 9.59 Å². The molecule has 0 bridgehead atoms. The summed E-state index contributed by atoms with van der Waals surface area (Å²) < 4.78 is 0. The van der Waals surface area contributed by atoms with Crippen molar-refractivity contribution in [2.75, 3.05) is 25.0 Å². The van der Waals surface area contributed by atoms with Gasteiger partial charge in [0.1, 0.15) is 0 Å². The quantitative estimate of drug-likeness (QED) is 0.641. The molecule has 110 valence electrons. The Morgan fingerprint density at radius 3 is 2.70 bits per heavy atom. The molecular formula is C14H20ClN3O2. The van der Waals surface area contributed by atoms with Crippen LogP contribution in [0, 0.1) is 0 Å². The van der Waals surface area contributed by atoms with Crippen LogP contribution in [0.4, 0.5) is 5.69 Å². The lowest BCUT2D eigenvalue weighted by atomic mass is 10.3. The van der Waals surface area contributed by atoms with Gasteiger partial charge in [0.15, 0.2) is 0 Å². The first-order chi connectivity index (χ1) is 9.61. The van der Waals surface area contributed by atoms with Gasteiger partial charge in [-0.05, 0) is 24.6 Å². The molecule has 0 saturated heterocycles. The maximum atomic E-state index is 11.6. The zero-order chi connectivity index (χ0) is 14.8. The average Bonchev–Trinajstić information content (AvgIpc) is 2.41. The van der Waals surface area contributed by atoms with E-state index >= 15 is 0 Å². The zero-order valence-corrected chi connectivity index (χ0v) is 12.3. The van der Waals surface area contributed by atoms with Gasteiger partial charge in [0.05, 0.1) is 6.54 Å². The summed E-state index contributed by atoms with van der Waals surface area (Å²) in [5.74, 6) is -0.171. The van der Waals surface area contributed by atoms with E-state index in [9.17, 15) is 9.59 Å². The smallest absolute Gasteiger partial charge is 0.238 e. The highest BCUT2D eigenvalue weighted by atomic mass is 35.5. The molecule has 0 radical (unpaired) electrons. The van der Waals surface area contributed by atoms with Gasteiger partial charge in [-0.25, -0.2) is 0 Å². The molecular weight excluding hydrogens is 278 g/mol. The van der Waals surface area contributed by atoms with Crippen molar-refractivity contribution in [3.63, 3.8) is 0 Å². The Morgan fingerprint density at radius 2 is 2.00 bits per heavy atom. The minimum Gasteiger partial charge on any atom is -0.356 e. The van der Waals surface area contributed by atoms with E-state index in [1.54, 1.807) is 24.3 Å². The predicted molar refractivity (Wildman–Crippen MR) is 80.9 cm³/mol. The van der Waals surface area contributed by atoms with Gasteiger partial charge >= 0.3 is 0 Å². The van der Waals surface area contributed by atoms with Gasteiger partial charge in [-0.3, -0.25) is 9.59 Å². The minimum atomic E-state index is -0.166. The number of amides is 2. The van der Waals surface area contributed by atoms with Crippen LogP contribution in [0.15, 0.2) is 24.3 Å². The SMILES string of the molecule is CCCNC(=O)CCNCC(=O)Nc1cccc(Cl)c1. The maximum Gasteiger partial charge on any atom is 0.238 e. The lowest BCUT2D eigenvalue weighted by Crippen LogP contribution is -2.32. The molecule has 0 aliphatic carbocycles. The van der Waals surface area contributed by atoms with Crippen LogP contribution in [0.25, 0.3) is 0 Å². The fourth-order valence-corrected chi connectivity index (χ4v) is 1.72. The summed E-state index contributed by atoms with van der Waals surface area (Å²) in [6.07, 6.45) is 1.28. The minimum absolute atomic E-state index is 0.00500. The van der Waals surface area contributed by atoms with E-state index in [0.717, 1.165) is 6.42 Å². The number of hydrogen-bond acceptors (Lipinski definition) is 3. The standard InChI is InChI=1S/C14H20ClN3O2/c1-2-7-17-13(19)6-8-16-10-14(20)18-12-5-3-4-11(15)9-12/h3-5,9,16H,2,6-8,10H2,1H3,(H,17,19)(H,18,20). The van der Waals surface area contributed by atoms with Gasteiger partial charge in [0.2, 0.25) is 11.8 Å². The van der Waals surface area contributed by atoms with Crippen molar-refractivity contribution in [1.82, 2.24) is 10.6 Å². The third-order valence-corrected chi connectivity index (χ3v) is 2.73. The molecule has 0 fully saturated rings. The lowest BCUT2D eigenvalue weighted by molar-refractivity contribution is -0.121. The molecule has 0 atom stereocenters. The van der Waals surface area contributed by atoms with E-state index in [-0.39, 0.29) is 18.4 Å². The molecule has 1 rings (SSSR count). The summed E-state index contributed by atoms with van der Waals surface area (Å²) in [4.78, 5) is 22.9. The first-order valence-corrected chi connectivity index (χ1v) is 7.02.